The van der Waals surface area contributed by atoms with Crippen LogP contribution in [0.3, 0.4) is 0 Å². The van der Waals surface area contributed by atoms with E-state index >= 15 is 0 Å². The van der Waals surface area contributed by atoms with Crippen molar-refractivity contribution in [1.82, 2.24) is 0 Å². The summed E-state index contributed by atoms with van der Waals surface area (Å²) >= 11 is 0. The summed E-state index contributed by atoms with van der Waals surface area (Å²) in [6.45, 7) is 0. The van der Waals surface area contributed by atoms with Crippen molar-refractivity contribution in [3.8, 4) is 56.0 Å². The average Bonchev–Trinajstić information content (AvgIpc) is 3.14. The van der Waals surface area contributed by atoms with E-state index in [0.717, 1.165) is 17.1 Å². The van der Waals surface area contributed by atoms with Crippen LogP contribution in [0.5, 0.6) is 11.5 Å². The van der Waals surface area contributed by atoms with Gasteiger partial charge in [-0.3, -0.25) is 0 Å². The van der Waals surface area contributed by atoms with Gasteiger partial charge < -0.3 is 4.74 Å². The first-order chi connectivity index (χ1) is 23.3. The lowest BCUT2D eigenvalue weighted by Gasteiger charge is -2.22. The monoisotopic (exact) mass is 596 g/mol. The second-order valence-corrected chi connectivity index (χ2v) is 12.4. The summed E-state index contributed by atoms with van der Waals surface area (Å²) < 4.78 is 6.37. The van der Waals surface area contributed by atoms with Gasteiger partial charge in [-0.2, -0.15) is 0 Å². The summed E-state index contributed by atoms with van der Waals surface area (Å²) in [7, 11) is 0. The normalized spacial score (nSPS) is 12.0. The molecule has 0 unspecified atom stereocenters. The van der Waals surface area contributed by atoms with Gasteiger partial charge in [-0.25, -0.2) is 0 Å². The van der Waals surface area contributed by atoms with E-state index < -0.39 is 0 Å². The van der Waals surface area contributed by atoms with Crippen molar-refractivity contribution in [3.63, 3.8) is 0 Å². The van der Waals surface area contributed by atoms with E-state index in [4.69, 9.17) is 4.74 Å². The topological polar surface area (TPSA) is 9.23 Å². The largest absolute Gasteiger partial charge is 0.456 e. The molecule has 0 aliphatic carbocycles. The van der Waals surface area contributed by atoms with Crippen molar-refractivity contribution in [1.29, 1.82) is 0 Å². The highest BCUT2D eigenvalue weighted by molar-refractivity contribution is 6.27. The van der Waals surface area contributed by atoms with Crippen molar-refractivity contribution in [2.75, 3.05) is 0 Å². The van der Waals surface area contributed by atoms with Crippen molar-refractivity contribution < 1.29 is 4.74 Å². The van der Waals surface area contributed by atoms with Crippen molar-refractivity contribution in [2.24, 2.45) is 0 Å². The number of hydrogen-bond donors (Lipinski definition) is 0. The van der Waals surface area contributed by atoms with Crippen molar-refractivity contribution in [3.05, 3.63) is 170 Å². The molecular formula is C46H28O. The molecule has 1 heteroatoms. The first-order valence-electron chi connectivity index (χ1n) is 16.2. The Balaban J connectivity index is 1.17. The second-order valence-electron chi connectivity index (χ2n) is 12.4. The van der Waals surface area contributed by atoms with Crippen LogP contribution in [0, 0.1) is 0 Å². The summed E-state index contributed by atoms with van der Waals surface area (Å²) in [5.41, 5.74) is 9.73. The Labute approximate surface area is 272 Å². The zero-order valence-corrected chi connectivity index (χ0v) is 25.6. The third-order valence-corrected chi connectivity index (χ3v) is 9.84. The lowest BCUT2D eigenvalue weighted by Crippen LogP contribution is -1.97. The van der Waals surface area contributed by atoms with Crippen LogP contribution in [0.15, 0.2) is 170 Å². The highest BCUT2D eigenvalue weighted by Gasteiger charge is 2.21. The Morgan fingerprint density at radius 2 is 0.936 bits per heavy atom. The molecule has 0 saturated carbocycles. The molecule has 1 aliphatic heterocycles. The molecule has 0 spiro atoms. The van der Waals surface area contributed by atoms with Crippen molar-refractivity contribution >= 4 is 43.1 Å². The van der Waals surface area contributed by atoms with E-state index in [1.807, 2.05) is 0 Å². The van der Waals surface area contributed by atoms with Crippen molar-refractivity contribution in [2.45, 2.75) is 0 Å². The number of hydrogen-bond acceptors (Lipinski definition) is 1. The third kappa shape index (κ3) is 3.97. The summed E-state index contributed by atoms with van der Waals surface area (Å²) in [4.78, 5) is 0. The molecule has 0 radical (unpaired) electrons. The molecule has 0 fully saturated rings. The van der Waals surface area contributed by atoms with E-state index in [1.165, 1.54) is 82.0 Å². The minimum atomic E-state index is 0.903. The summed E-state index contributed by atoms with van der Waals surface area (Å²) in [5, 5.41) is 10.0. The molecule has 0 aromatic heterocycles. The maximum Gasteiger partial charge on any atom is 0.135 e. The number of benzene rings is 9. The fourth-order valence-electron chi connectivity index (χ4n) is 7.74. The van der Waals surface area contributed by atoms with Gasteiger partial charge in [0.15, 0.2) is 0 Å². The van der Waals surface area contributed by atoms with E-state index in [2.05, 4.69) is 170 Å². The minimum absolute atomic E-state index is 0.903. The van der Waals surface area contributed by atoms with Crippen LogP contribution in [-0.2, 0) is 0 Å². The van der Waals surface area contributed by atoms with Gasteiger partial charge in [-0.15, -0.1) is 0 Å². The van der Waals surface area contributed by atoms with Gasteiger partial charge in [0.25, 0.3) is 0 Å². The Morgan fingerprint density at radius 3 is 1.77 bits per heavy atom. The summed E-state index contributed by atoms with van der Waals surface area (Å²) in [6, 6.07) is 61.6. The van der Waals surface area contributed by atoms with Gasteiger partial charge in [0.05, 0.1) is 0 Å². The number of ether oxygens (including phenoxy) is 1. The molecule has 1 heterocycles. The molecule has 0 N–H and O–H groups in total. The van der Waals surface area contributed by atoms with Gasteiger partial charge in [0.1, 0.15) is 11.5 Å². The van der Waals surface area contributed by atoms with Crippen LogP contribution in [0.1, 0.15) is 0 Å². The van der Waals surface area contributed by atoms with Crippen LogP contribution in [0.25, 0.3) is 87.6 Å². The van der Waals surface area contributed by atoms with E-state index in [1.54, 1.807) is 0 Å². The zero-order valence-electron chi connectivity index (χ0n) is 25.6. The molecular weight excluding hydrogens is 569 g/mol. The average molecular weight is 597 g/mol. The quantitative estimate of drug-likeness (QED) is 0.146. The Hall–Kier alpha value is -6.18. The molecule has 1 aliphatic rings. The molecule has 9 aromatic rings. The second kappa shape index (κ2) is 10.2. The van der Waals surface area contributed by atoms with Gasteiger partial charge in [-0.05, 0) is 94.8 Å². The van der Waals surface area contributed by atoms with Gasteiger partial charge in [0, 0.05) is 10.9 Å². The Morgan fingerprint density at radius 1 is 0.298 bits per heavy atom. The summed E-state index contributed by atoms with van der Waals surface area (Å²) in [6.07, 6.45) is 0. The standard InChI is InChI=1S/C46H28O/c1-2-11-32(12-3-1)45-37-17-7-6-16-36(37)43(39-26-24-30-10-4-5-15-35(30)46(39)45)33-22-20-29(21-23-33)34-25-27-41-40(28-34)38-18-8-13-31-14-9-19-42(47-41)44(31)38/h1-28H. The molecule has 9 aromatic carbocycles. The Kier molecular flexibility index (Phi) is 5.64. The third-order valence-electron chi connectivity index (χ3n) is 9.84. The van der Waals surface area contributed by atoms with E-state index in [9.17, 15) is 0 Å². The number of rotatable bonds is 3. The maximum absolute atomic E-state index is 6.37. The lowest BCUT2D eigenvalue weighted by atomic mass is 9.84. The van der Waals surface area contributed by atoms with Gasteiger partial charge in [-0.1, -0.05) is 152 Å². The van der Waals surface area contributed by atoms with Crippen LogP contribution >= 0.6 is 0 Å². The van der Waals surface area contributed by atoms with E-state index in [-0.39, 0.29) is 0 Å². The SMILES string of the molecule is c1ccc(-c2c3ccccc3c(-c3ccc(-c4ccc5c(c4)-c4cccc6cccc(c46)O5)cc3)c3ccc4ccccc4c23)cc1. The smallest absolute Gasteiger partial charge is 0.135 e. The zero-order chi connectivity index (χ0) is 30.9. The van der Waals surface area contributed by atoms with Crippen LogP contribution in [0.4, 0.5) is 0 Å². The van der Waals surface area contributed by atoms with Gasteiger partial charge in [0.2, 0.25) is 0 Å². The van der Waals surface area contributed by atoms with Crippen LogP contribution < -0.4 is 4.74 Å². The molecule has 0 bridgehead atoms. The predicted octanol–water partition coefficient (Wildman–Crippen LogP) is 13.1. The van der Waals surface area contributed by atoms with Gasteiger partial charge >= 0.3 is 0 Å². The predicted molar refractivity (Wildman–Crippen MR) is 198 cm³/mol. The van der Waals surface area contributed by atoms with Crippen LogP contribution in [0.2, 0.25) is 0 Å². The molecule has 1 nitrogen and oxygen atoms in total. The molecule has 10 rings (SSSR count). The fraction of sp³-hybridized carbons (Fsp3) is 0. The van der Waals surface area contributed by atoms with Crippen LogP contribution in [-0.4, -0.2) is 0 Å². The first kappa shape index (κ1) is 26.1. The minimum Gasteiger partial charge on any atom is -0.456 e. The highest BCUT2D eigenvalue weighted by Crippen LogP contribution is 2.49. The lowest BCUT2D eigenvalue weighted by molar-refractivity contribution is 0.487. The molecule has 218 valence electrons. The fourth-order valence-corrected chi connectivity index (χ4v) is 7.74. The molecule has 0 amide bonds. The first-order valence-corrected chi connectivity index (χ1v) is 16.2. The molecule has 0 atom stereocenters. The van der Waals surface area contributed by atoms with E-state index in [0.29, 0.717) is 0 Å². The molecule has 0 saturated heterocycles. The number of fused-ring (bicyclic) bond motifs is 6. The Bertz CT molecular complexity index is 2680. The highest BCUT2D eigenvalue weighted by atomic mass is 16.5. The summed E-state index contributed by atoms with van der Waals surface area (Å²) in [5.74, 6) is 1.83. The molecule has 47 heavy (non-hydrogen) atoms. The maximum atomic E-state index is 6.37.